The van der Waals surface area contributed by atoms with Gasteiger partial charge in [-0.05, 0) is 26.0 Å². The van der Waals surface area contributed by atoms with Crippen LogP contribution in [0.15, 0.2) is 35.6 Å². The molecule has 26 heavy (non-hydrogen) atoms. The maximum absolute atomic E-state index is 10.7. The van der Waals surface area contributed by atoms with E-state index in [-0.39, 0.29) is 0 Å². The van der Waals surface area contributed by atoms with E-state index in [1.165, 1.54) is 0 Å². The standard InChI is InChI=1S/C18H29N7O/c1-6-19-17(20-11-15-8-7-9-16(23-15)24(3)4)21-13-18(2,26)14-10-22-25(5)12-14/h7-10,12,26H,6,11,13H2,1-5H3,(H2,19,20,21). The van der Waals surface area contributed by atoms with Gasteiger partial charge in [-0.1, -0.05) is 6.07 Å². The van der Waals surface area contributed by atoms with E-state index in [4.69, 9.17) is 0 Å². The summed E-state index contributed by atoms with van der Waals surface area (Å²) in [6.07, 6.45) is 3.48. The van der Waals surface area contributed by atoms with E-state index in [0.717, 1.165) is 23.6 Å². The first-order valence-electron chi connectivity index (χ1n) is 8.68. The van der Waals surface area contributed by atoms with E-state index in [0.29, 0.717) is 19.0 Å². The molecule has 0 amide bonds. The number of nitrogens with zero attached hydrogens (tertiary/aromatic N) is 5. The molecule has 3 N–H and O–H groups in total. The van der Waals surface area contributed by atoms with Gasteiger partial charge >= 0.3 is 0 Å². The van der Waals surface area contributed by atoms with Crippen LogP contribution in [0.1, 0.15) is 25.1 Å². The lowest BCUT2D eigenvalue weighted by atomic mass is 10.00. The summed E-state index contributed by atoms with van der Waals surface area (Å²) in [5, 5.41) is 21.2. The van der Waals surface area contributed by atoms with Crippen molar-refractivity contribution in [1.82, 2.24) is 25.4 Å². The second-order valence-electron chi connectivity index (χ2n) is 6.61. The molecule has 1 atom stereocenters. The number of hydrogen-bond acceptors (Lipinski definition) is 5. The molecule has 8 heteroatoms. The number of hydrogen-bond donors (Lipinski definition) is 3. The molecule has 0 saturated carbocycles. The first-order chi connectivity index (χ1) is 12.3. The maximum atomic E-state index is 10.7. The minimum atomic E-state index is -1.05. The van der Waals surface area contributed by atoms with E-state index in [1.807, 2.05) is 57.4 Å². The van der Waals surface area contributed by atoms with Crippen molar-refractivity contribution in [1.29, 1.82) is 0 Å². The van der Waals surface area contributed by atoms with Crippen LogP contribution >= 0.6 is 0 Å². The molecule has 0 aliphatic carbocycles. The monoisotopic (exact) mass is 359 g/mol. The smallest absolute Gasteiger partial charge is 0.191 e. The lowest BCUT2D eigenvalue weighted by molar-refractivity contribution is 0.0616. The second-order valence-corrected chi connectivity index (χ2v) is 6.61. The van der Waals surface area contributed by atoms with Crippen molar-refractivity contribution in [2.45, 2.75) is 26.0 Å². The van der Waals surface area contributed by atoms with Gasteiger partial charge in [-0.3, -0.25) is 4.68 Å². The molecule has 0 bridgehead atoms. The summed E-state index contributed by atoms with van der Waals surface area (Å²) < 4.78 is 1.67. The van der Waals surface area contributed by atoms with E-state index < -0.39 is 5.60 Å². The molecule has 0 aromatic carbocycles. The van der Waals surface area contributed by atoms with Gasteiger partial charge in [-0.25, -0.2) is 9.98 Å². The van der Waals surface area contributed by atoms with Crippen LogP contribution in [0.5, 0.6) is 0 Å². The third-order valence-corrected chi connectivity index (χ3v) is 3.92. The summed E-state index contributed by atoms with van der Waals surface area (Å²) in [6.45, 7) is 5.25. The third-order valence-electron chi connectivity index (χ3n) is 3.92. The molecule has 0 spiro atoms. The quantitative estimate of drug-likeness (QED) is 0.501. The van der Waals surface area contributed by atoms with E-state index in [9.17, 15) is 5.11 Å². The number of nitrogens with one attached hydrogen (secondary N) is 2. The van der Waals surface area contributed by atoms with Gasteiger partial charge in [-0.2, -0.15) is 5.10 Å². The second kappa shape index (κ2) is 8.66. The first-order valence-corrected chi connectivity index (χ1v) is 8.68. The van der Waals surface area contributed by atoms with E-state index in [1.54, 1.807) is 17.8 Å². The zero-order valence-corrected chi connectivity index (χ0v) is 16.2. The predicted octanol–water partition coefficient (Wildman–Crippen LogP) is 0.844. The van der Waals surface area contributed by atoms with Gasteiger partial charge in [0.15, 0.2) is 5.96 Å². The minimum absolute atomic E-state index is 0.315. The van der Waals surface area contributed by atoms with Crippen molar-refractivity contribution in [2.24, 2.45) is 12.0 Å². The van der Waals surface area contributed by atoms with Gasteiger partial charge in [-0.15, -0.1) is 0 Å². The Kier molecular flexibility index (Phi) is 6.57. The molecule has 2 aromatic heterocycles. The van der Waals surface area contributed by atoms with Crippen LogP contribution in [-0.4, -0.2) is 53.0 Å². The number of pyridine rings is 1. The van der Waals surface area contributed by atoms with Crippen molar-refractivity contribution >= 4 is 11.8 Å². The zero-order valence-electron chi connectivity index (χ0n) is 16.2. The minimum Gasteiger partial charge on any atom is -0.383 e. The van der Waals surface area contributed by atoms with Crippen molar-refractivity contribution in [2.75, 3.05) is 32.1 Å². The Balaban J connectivity index is 2.03. The van der Waals surface area contributed by atoms with Crippen molar-refractivity contribution in [3.63, 3.8) is 0 Å². The maximum Gasteiger partial charge on any atom is 0.191 e. The molecule has 2 heterocycles. The highest BCUT2D eigenvalue weighted by molar-refractivity contribution is 5.79. The fraction of sp³-hybridized carbons (Fsp3) is 0.500. The average Bonchev–Trinajstić information content (AvgIpc) is 3.05. The lowest BCUT2D eigenvalue weighted by Gasteiger charge is -2.23. The number of rotatable bonds is 7. The van der Waals surface area contributed by atoms with Crippen molar-refractivity contribution < 1.29 is 5.11 Å². The summed E-state index contributed by atoms with van der Waals surface area (Å²) in [5.74, 6) is 1.53. The molecule has 8 nitrogen and oxygen atoms in total. The average molecular weight is 359 g/mol. The SMILES string of the molecule is CCNC(=NCc1cccc(N(C)C)n1)NCC(C)(O)c1cnn(C)c1. The van der Waals surface area contributed by atoms with Crippen LogP contribution in [0.25, 0.3) is 0 Å². The molecule has 1 unspecified atom stereocenters. The molecular weight excluding hydrogens is 330 g/mol. The van der Waals surface area contributed by atoms with E-state index >= 15 is 0 Å². The molecule has 0 aliphatic rings. The Labute approximate surface area is 155 Å². The van der Waals surface area contributed by atoms with E-state index in [2.05, 4.69) is 25.7 Å². The normalized spacial score (nSPS) is 14.0. The number of anilines is 1. The predicted molar refractivity (Wildman–Crippen MR) is 104 cm³/mol. The Morgan fingerprint density at radius 3 is 2.73 bits per heavy atom. The fourth-order valence-electron chi connectivity index (χ4n) is 2.36. The number of aliphatic hydroxyl groups is 1. The van der Waals surface area contributed by atoms with Gasteiger partial charge < -0.3 is 20.6 Å². The zero-order chi connectivity index (χ0) is 19.2. The molecule has 0 saturated heterocycles. The summed E-state index contributed by atoms with van der Waals surface area (Å²) in [6, 6.07) is 5.88. The van der Waals surface area contributed by atoms with Crippen LogP contribution in [0, 0.1) is 0 Å². The summed E-state index contributed by atoms with van der Waals surface area (Å²) in [5.41, 5.74) is 0.587. The number of aliphatic imine (C=N–C) groups is 1. The van der Waals surface area contributed by atoms with Gasteiger partial charge in [0.05, 0.1) is 25.0 Å². The van der Waals surface area contributed by atoms with Crippen LogP contribution < -0.4 is 15.5 Å². The molecule has 0 aliphatic heterocycles. The van der Waals surface area contributed by atoms with Crippen molar-refractivity contribution in [3.8, 4) is 0 Å². The van der Waals surface area contributed by atoms with Crippen LogP contribution in [0.2, 0.25) is 0 Å². The lowest BCUT2D eigenvalue weighted by Crippen LogP contribution is -2.44. The van der Waals surface area contributed by atoms with Crippen molar-refractivity contribution in [3.05, 3.63) is 41.9 Å². The first kappa shape index (κ1) is 19.7. The molecule has 2 aromatic rings. The molecule has 0 radical (unpaired) electrons. The molecular formula is C18H29N7O. The molecule has 2 rings (SSSR count). The molecule has 0 fully saturated rings. The highest BCUT2D eigenvalue weighted by Gasteiger charge is 2.24. The van der Waals surface area contributed by atoms with Gasteiger partial charge in [0.2, 0.25) is 0 Å². The summed E-state index contributed by atoms with van der Waals surface area (Å²) in [4.78, 5) is 11.1. The Morgan fingerprint density at radius 1 is 1.35 bits per heavy atom. The third kappa shape index (κ3) is 5.45. The largest absolute Gasteiger partial charge is 0.383 e. The van der Waals surface area contributed by atoms with Crippen LogP contribution in [-0.2, 0) is 19.2 Å². The van der Waals surface area contributed by atoms with Crippen LogP contribution in [0.4, 0.5) is 5.82 Å². The highest BCUT2D eigenvalue weighted by Crippen LogP contribution is 2.18. The number of aryl methyl sites for hydroxylation is 1. The highest BCUT2D eigenvalue weighted by atomic mass is 16.3. The topological polar surface area (TPSA) is 90.6 Å². The summed E-state index contributed by atoms with van der Waals surface area (Å²) >= 11 is 0. The number of guanidine groups is 1. The summed E-state index contributed by atoms with van der Waals surface area (Å²) in [7, 11) is 5.75. The fourth-order valence-corrected chi connectivity index (χ4v) is 2.36. The Morgan fingerprint density at radius 2 is 2.12 bits per heavy atom. The van der Waals surface area contributed by atoms with Gasteiger partial charge in [0.1, 0.15) is 11.4 Å². The number of aromatic nitrogens is 3. The van der Waals surface area contributed by atoms with Gasteiger partial charge in [0, 0.05) is 39.4 Å². The van der Waals surface area contributed by atoms with Crippen LogP contribution in [0.3, 0.4) is 0 Å². The Hall–Kier alpha value is -2.61. The molecule has 142 valence electrons. The Bertz CT molecular complexity index is 737. The van der Waals surface area contributed by atoms with Gasteiger partial charge in [0.25, 0.3) is 0 Å².